The van der Waals surface area contributed by atoms with Crippen molar-refractivity contribution in [3.05, 3.63) is 29.5 Å². The summed E-state index contributed by atoms with van der Waals surface area (Å²) in [4.78, 5) is 23.8. The van der Waals surface area contributed by atoms with Gasteiger partial charge in [0.05, 0.1) is 26.4 Å². The van der Waals surface area contributed by atoms with Crippen molar-refractivity contribution in [3.8, 4) is 0 Å². The molecule has 0 saturated carbocycles. The number of nitrogens with one attached hydrogen (secondary N) is 4. The van der Waals surface area contributed by atoms with E-state index in [0.29, 0.717) is 50.9 Å². The number of hydrogen-bond donors (Lipinski definition) is 4. The largest absolute Gasteiger partial charge is 0.755 e. The standard InChI is InChI=1S/C20H30ClN7O6S/c1-20(2,3)34-19(29)23-9-11-33-13-12-32-10-8-22-17-25-16(21)26-18(27-17)24-14-4-6-15(7-5-14)28-35(30)31/h4-7,28H,8-13H2,1-3H3,(H,23,29)(H,30,31)(H2,22,24,25,26,27)/p-1. The summed E-state index contributed by atoms with van der Waals surface area (Å²) in [6, 6.07) is 6.48. The summed E-state index contributed by atoms with van der Waals surface area (Å²) >= 11 is 3.58. The number of rotatable bonds is 14. The molecule has 0 radical (unpaired) electrons. The number of ether oxygens (including phenoxy) is 3. The highest BCUT2D eigenvalue weighted by molar-refractivity contribution is 7.80. The van der Waals surface area contributed by atoms with E-state index in [2.05, 4.69) is 35.6 Å². The van der Waals surface area contributed by atoms with Crippen molar-refractivity contribution in [1.82, 2.24) is 20.3 Å². The smallest absolute Gasteiger partial charge is 0.407 e. The molecule has 1 aromatic carbocycles. The Hall–Kier alpha value is -2.78. The molecule has 1 heterocycles. The molecule has 0 aliphatic carbocycles. The second-order valence-electron chi connectivity index (χ2n) is 7.87. The summed E-state index contributed by atoms with van der Waals surface area (Å²) < 4.78 is 39.6. The number of hydrogen-bond acceptors (Lipinski definition) is 11. The van der Waals surface area contributed by atoms with Crippen LogP contribution in [0.1, 0.15) is 20.8 Å². The van der Waals surface area contributed by atoms with Crippen molar-refractivity contribution in [2.24, 2.45) is 0 Å². The fraction of sp³-hybridized carbons (Fsp3) is 0.500. The van der Waals surface area contributed by atoms with Crippen LogP contribution in [-0.2, 0) is 25.5 Å². The van der Waals surface area contributed by atoms with E-state index in [0.717, 1.165) is 0 Å². The van der Waals surface area contributed by atoms with Crippen LogP contribution < -0.4 is 20.7 Å². The first-order valence-electron chi connectivity index (χ1n) is 10.6. The normalized spacial score (nSPS) is 12.0. The zero-order valence-electron chi connectivity index (χ0n) is 19.6. The molecule has 0 aliphatic rings. The molecule has 1 atom stereocenters. The van der Waals surface area contributed by atoms with E-state index in [1.165, 1.54) is 0 Å². The zero-order valence-corrected chi connectivity index (χ0v) is 21.2. The maximum Gasteiger partial charge on any atom is 0.407 e. The van der Waals surface area contributed by atoms with Crippen LogP contribution in [-0.4, -0.2) is 74.9 Å². The maximum atomic E-state index is 11.5. The Labute approximate surface area is 211 Å². The Kier molecular flexibility index (Phi) is 11.9. The molecule has 1 amide bonds. The quantitative estimate of drug-likeness (QED) is 0.209. The Bertz CT molecular complexity index is 962. The lowest BCUT2D eigenvalue weighted by molar-refractivity contribution is 0.0415. The molecule has 0 aliphatic heterocycles. The van der Waals surface area contributed by atoms with E-state index < -0.39 is 23.0 Å². The van der Waals surface area contributed by atoms with Crippen LogP contribution in [0, 0.1) is 0 Å². The molecular formula is C20H29ClN7O6S-. The molecule has 15 heteroatoms. The van der Waals surface area contributed by atoms with Crippen molar-refractivity contribution >= 4 is 52.2 Å². The molecular weight excluding hydrogens is 502 g/mol. The summed E-state index contributed by atoms with van der Waals surface area (Å²) in [5.74, 6) is 0.482. The van der Waals surface area contributed by atoms with Gasteiger partial charge in [-0.25, -0.2) is 4.79 Å². The van der Waals surface area contributed by atoms with Crippen LogP contribution in [0.2, 0.25) is 5.28 Å². The Morgan fingerprint density at radius 2 is 1.57 bits per heavy atom. The third kappa shape index (κ3) is 13.0. The van der Waals surface area contributed by atoms with Gasteiger partial charge in [-0.15, -0.1) is 0 Å². The van der Waals surface area contributed by atoms with Gasteiger partial charge in [0.1, 0.15) is 5.60 Å². The zero-order chi connectivity index (χ0) is 25.7. The van der Waals surface area contributed by atoms with Gasteiger partial charge in [-0.05, 0) is 56.6 Å². The summed E-state index contributed by atoms with van der Waals surface area (Å²) in [5.41, 5.74) is 0.513. The van der Waals surface area contributed by atoms with Gasteiger partial charge in [-0.3, -0.25) is 4.21 Å². The van der Waals surface area contributed by atoms with Crippen molar-refractivity contribution in [3.63, 3.8) is 0 Å². The molecule has 0 bridgehead atoms. The lowest BCUT2D eigenvalue weighted by Crippen LogP contribution is -2.34. The minimum Gasteiger partial charge on any atom is -0.755 e. The van der Waals surface area contributed by atoms with E-state index in [-0.39, 0.29) is 17.2 Å². The van der Waals surface area contributed by atoms with Gasteiger partial charge in [0.25, 0.3) is 0 Å². The Morgan fingerprint density at radius 1 is 0.971 bits per heavy atom. The SMILES string of the molecule is CC(C)(C)OC(=O)NCCOCCOCCNc1nc(Cl)nc(Nc2ccc(NS(=O)[O-])cc2)n1. The Morgan fingerprint density at radius 3 is 2.20 bits per heavy atom. The third-order valence-electron chi connectivity index (χ3n) is 3.77. The molecule has 4 N–H and O–H groups in total. The number of halogens is 1. The first-order valence-corrected chi connectivity index (χ1v) is 12.1. The lowest BCUT2D eigenvalue weighted by atomic mass is 10.2. The number of benzene rings is 1. The fourth-order valence-electron chi connectivity index (χ4n) is 2.43. The molecule has 2 rings (SSSR count). The number of carbonyl (C=O) groups excluding carboxylic acids is 1. The summed E-state index contributed by atoms with van der Waals surface area (Å²) in [6.07, 6.45) is -0.481. The van der Waals surface area contributed by atoms with Crippen molar-refractivity contribution < 1.29 is 27.8 Å². The number of alkyl carbamates (subject to hydrolysis) is 1. The van der Waals surface area contributed by atoms with Crippen LogP contribution in [0.4, 0.5) is 28.1 Å². The van der Waals surface area contributed by atoms with Gasteiger partial charge >= 0.3 is 6.09 Å². The number of carbonyl (C=O) groups is 1. The lowest BCUT2D eigenvalue weighted by Gasteiger charge is -2.19. The predicted octanol–water partition coefficient (Wildman–Crippen LogP) is 2.44. The summed E-state index contributed by atoms with van der Waals surface area (Å²) in [5, 5.41) is 8.56. The molecule has 0 spiro atoms. The van der Waals surface area contributed by atoms with Crippen LogP contribution in [0.3, 0.4) is 0 Å². The van der Waals surface area contributed by atoms with Gasteiger partial charge in [0.2, 0.25) is 17.2 Å². The number of amides is 1. The molecule has 1 aromatic heterocycles. The number of anilines is 4. The number of aromatic nitrogens is 3. The van der Waals surface area contributed by atoms with E-state index in [1.54, 1.807) is 45.0 Å². The maximum absolute atomic E-state index is 11.5. The van der Waals surface area contributed by atoms with Crippen LogP contribution >= 0.6 is 11.6 Å². The second kappa shape index (κ2) is 14.6. The molecule has 194 valence electrons. The van der Waals surface area contributed by atoms with Gasteiger partial charge < -0.3 is 39.4 Å². The van der Waals surface area contributed by atoms with Gasteiger partial charge in [-0.1, -0.05) is 0 Å². The summed E-state index contributed by atoms with van der Waals surface area (Å²) in [6.45, 7) is 7.63. The van der Waals surface area contributed by atoms with Gasteiger partial charge in [0, 0.05) is 35.7 Å². The molecule has 1 unspecified atom stereocenters. The van der Waals surface area contributed by atoms with E-state index >= 15 is 0 Å². The van der Waals surface area contributed by atoms with Crippen molar-refractivity contribution in [2.45, 2.75) is 26.4 Å². The third-order valence-corrected chi connectivity index (χ3v) is 4.34. The molecule has 0 saturated heterocycles. The van der Waals surface area contributed by atoms with Gasteiger partial charge in [-0.2, -0.15) is 15.0 Å². The fourth-order valence-corrected chi connectivity index (χ4v) is 2.92. The minimum absolute atomic E-state index is 0.000604. The molecule has 2 aromatic rings. The predicted molar refractivity (Wildman–Crippen MR) is 131 cm³/mol. The van der Waals surface area contributed by atoms with Crippen molar-refractivity contribution in [1.29, 1.82) is 0 Å². The topological polar surface area (TPSA) is 172 Å². The minimum atomic E-state index is -2.39. The highest BCUT2D eigenvalue weighted by Gasteiger charge is 2.15. The molecule has 35 heavy (non-hydrogen) atoms. The monoisotopic (exact) mass is 530 g/mol. The van der Waals surface area contributed by atoms with Crippen molar-refractivity contribution in [2.75, 3.05) is 54.9 Å². The first-order chi connectivity index (χ1) is 16.6. The van der Waals surface area contributed by atoms with E-state index in [9.17, 15) is 13.6 Å². The average molecular weight is 531 g/mol. The molecule has 0 fully saturated rings. The van der Waals surface area contributed by atoms with E-state index in [1.807, 2.05) is 0 Å². The number of nitrogens with zero attached hydrogens (tertiary/aromatic N) is 3. The van der Waals surface area contributed by atoms with Crippen LogP contribution in [0.25, 0.3) is 0 Å². The Balaban J connectivity index is 1.61. The average Bonchev–Trinajstić information content (AvgIpc) is 2.74. The second-order valence-corrected chi connectivity index (χ2v) is 8.88. The van der Waals surface area contributed by atoms with Gasteiger partial charge in [0.15, 0.2) is 0 Å². The highest BCUT2D eigenvalue weighted by atomic mass is 35.5. The first kappa shape index (κ1) is 28.5. The van der Waals surface area contributed by atoms with Crippen LogP contribution in [0.5, 0.6) is 0 Å². The molecule has 13 nitrogen and oxygen atoms in total. The van der Waals surface area contributed by atoms with E-state index in [4.69, 9.17) is 25.8 Å². The highest BCUT2D eigenvalue weighted by Crippen LogP contribution is 2.18. The summed E-state index contributed by atoms with van der Waals surface area (Å²) in [7, 11) is 0. The van der Waals surface area contributed by atoms with Crippen LogP contribution in [0.15, 0.2) is 24.3 Å².